The van der Waals surface area contributed by atoms with Crippen molar-refractivity contribution in [3.63, 3.8) is 0 Å². The second kappa shape index (κ2) is 6.78. The summed E-state index contributed by atoms with van der Waals surface area (Å²) >= 11 is 0. The number of carbonyl (C=O) groups excluding carboxylic acids is 3. The number of furan rings is 1. The van der Waals surface area contributed by atoms with Crippen LogP contribution in [0, 0.1) is 6.92 Å². The van der Waals surface area contributed by atoms with Gasteiger partial charge in [0.25, 0.3) is 5.91 Å². The second-order valence-corrected chi connectivity index (χ2v) is 4.89. The average molecular weight is 316 g/mol. The van der Waals surface area contributed by atoms with Crippen LogP contribution < -0.4 is 11.1 Å². The highest BCUT2D eigenvalue weighted by Gasteiger charge is 2.21. The van der Waals surface area contributed by atoms with Crippen LogP contribution in [0.3, 0.4) is 0 Å². The molecule has 3 N–H and O–H groups in total. The number of ether oxygens (including phenoxy) is 1. The van der Waals surface area contributed by atoms with Crippen LogP contribution in [-0.2, 0) is 9.53 Å². The Kier molecular flexibility index (Phi) is 4.80. The summed E-state index contributed by atoms with van der Waals surface area (Å²) in [4.78, 5) is 34.8. The van der Waals surface area contributed by atoms with Crippen LogP contribution in [0.1, 0.15) is 33.6 Å². The zero-order valence-electron chi connectivity index (χ0n) is 12.7. The van der Waals surface area contributed by atoms with E-state index < -0.39 is 23.9 Å². The Hall–Kier alpha value is -3.09. The van der Waals surface area contributed by atoms with Crippen LogP contribution >= 0.6 is 0 Å². The Morgan fingerprint density at radius 1 is 1.13 bits per heavy atom. The minimum atomic E-state index is -1.01. The van der Waals surface area contributed by atoms with E-state index in [-0.39, 0.29) is 5.76 Å². The van der Waals surface area contributed by atoms with E-state index in [4.69, 9.17) is 14.9 Å². The van der Waals surface area contributed by atoms with Gasteiger partial charge in [-0.2, -0.15) is 0 Å². The summed E-state index contributed by atoms with van der Waals surface area (Å²) in [5.41, 5.74) is 5.92. The van der Waals surface area contributed by atoms with Gasteiger partial charge in [-0.1, -0.05) is 0 Å². The highest BCUT2D eigenvalue weighted by atomic mass is 16.6. The van der Waals surface area contributed by atoms with Crippen LogP contribution in [0.4, 0.5) is 5.69 Å². The van der Waals surface area contributed by atoms with Crippen molar-refractivity contribution in [2.75, 3.05) is 5.32 Å². The molecule has 0 saturated heterocycles. The minimum Gasteiger partial charge on any atom is -0.454 e. The number of esters is 1. The van der Waals surface area contributed by atoms with Crippen molar-refractivity contribution in [3.05, 3.63) is 53.5 Å². The van der Waals surface area contributed by atoms with Gasteiger partial charge in [0.15, 0.2) is 6.10 Å². The molecule has 0 aliphatic heterocycles. The molecule has 0 aliphatic rings. The lowest BCUT2D eigenvalue weighted by Crippen LogP contribution is -2.29. The number of rotatable bonds is 5. The highest BCUT2D eigenvalue weighted by molar-refractivity contribution is 5.97. The summed E-state index contributed by atoms with van der Waals surface area (Å²) in [7, 11) is 0. The molecular formula is C16H16N2O5. The number of carbonyl (C=O) groups is 3. The van der Waals surface area contributed by atoms with Crippen molar-refractivity contribution in [1.29, 1.82) is 0 Å². The first-order valence-corrected chi connectivity index (χ1v) is 6.85. The summed E-state index contributed by atoms with van der Waals surface area (Å²) in [5, 5.41) is 2.57. The van der Waals surface area contributed by atoms with Gasteiger partial charge >= 0.3 is 5.97 Å². The normalized spacial score (nSPS) is 11.6. The fraction of sp³-hybridized carbons (Fsp3) is 0.188. The van der Waals surface area contributed by atoms with E-state index in [9.17, 15) is 14.4 Å². The molecule has 0 saturated carbocycles. The van der Waals surface area contributed by atoms with Crippen molar-refractivity contribution in [2.24, 2.45) is 5.73 Å². The number of amides is 2. The van der Waals surface area contributed by atoms with Crippen molar-refractivity contribution in [1.82, 2.24) is 0 Å². The lowest BCUT2D eigenvalue weighted by atomic mass is 10.2. The molecule has 1 aromatic carbocycles. The number of hydrogen-bond donors (Lipinski definition) is 2. The Balaban J connectivity index is 1.94. The third-order valence-corrected chi connectivity index (χ3v) is 3.03. The lowest BCUT2D eigenvalue weighted by Gasteiger charge is -2.12. The fourth-order valence-electron chi connectivity index (χ4n) is 1.78. The molecule has 0 aliphatic carbocycles. The van der Waals surface area contributed by atoms with E-state index >= 15 is 0 Å². The molecule has 120 valence electrons. The van der Waals surface area contributed by atoms with E-state index in [1.165, 1.54) is 37.3 Å². The van der Waals surface area contributed by atoms with Crippen molar-refractivity contribution in [3.8, 4) is 0 Å². The van der Waals surface area contributed by atoms with Crippen molar-refractivity contribution < 1.29 is 23.5 Å². The van der Waals surface area contributed by atoms with Gasteiger partial charge < -0.3 is 20.2 Å². The standard InChI is InChI=1S/C16H16N2O5/c1-9-3-8-13(22-9)16(21)23-10(2)15(20)18-12-6-4-11(5-7-12)14(17)19/h3-8,10H,1-2H3,(H2,17,19)(H,18,20). The topological polar surface area (TPSA) is 112 Å². The van der Waals surface area contributed by atoms with E-state index in [0.717, 1.165) is 0 Å². The minimum absolute atomic E-state index is 0.0351. The molecule has 23 heavy (non-hydrogen) atoms. The van der Waals surface area contributed by atoms with Crippen LogP contribution in [0.15, 0.2) is 40.8 Å². The molecule has 2 amide bonds. The molecule has 7 heteroatoms. The number of aryl methyl sites for hydroxylation is 1. The lowest BCUT2D eigenvalue weighted by molar-refractivity contribution is -0.123. The van der Waals surface area contributed by atoms with Crippen LogP contribution in [0.25, 0.3) is 0 Å². The molecule has 2 aromatic rings. The Bertz CT molecular complexity index is 733. The van der Waals surface area contributed by atoms with Crippen LogP contribution in [-0.4, -0.2) is 23.9 Å². The van der Waals surface area contributed by atoms with E-state index in [1.807, 2.05) is 0 Å². The van der Waals surface area contributed by atoms with Gasteiger partial charge in [0, 0.05) is 11.3 Å². The van der Waals surface area contributed by atoms with Gasteiger partial charge in [0.1, 0.15) is 5.76 Å². The first kappa shape index (κ1) is 16.3. The predicted octanol–water partition coefficient (Wildman–Crippen LogP) is 1.87. The first-order chi connectivity index (χ1) is 10.9. The summed E-state index contributed by atoms with van der Waals surface area (Å²) < 4.78 is 10.2. The number of nitrogens with two attached hydrogens (primary N) is 1. The predicted molar refractivity (Wildman–Crippen MR) is 81.9 cm³/mol. The third kappa shape index (κ3) is 4.19. The molecule has 1 aromatic heterocycles. The van der Waals surface area contributed by atoms with Crippen molar-refractivity contribution in [2.45, 2.75) is 20.0 Å². The molecule has 2 rings (SSSR count). The van der Waals surface area contributed by atoms with E-state index in [1.54, 1.807) is 13.0 Å². The van der Waals surface area contributed by atoms with Gasteiger partial charge in [-0.25, -0.2) is 4.79 Å². The quantitative estimate of drug-likeness (QED) is 0.818. The Labute approximate surface area is 132 Å². The molecule has 1 heterocycles. The van der Waals surface area contributed by atoms with Gasteiger partial charge in [-0.05, 0) is 50.2 Å². The molecule has 1 unspecified atom stereocenters. The number of benzene rings is 1. The largest absolute Gasteiger partial charge is 0.454 e. The molecular weight excluding hydrogens is 300 g/mol. The molecule has 7 nitrogen and oxygen atoms in total. The SMILES string of the molecule is Cc1ccc(C(=O)OC(C)C(=O)Nc2ccc(C(N)=O)cc2)o1. The number of hydrogen-bond acceptors (Lipinski definition) is 5. The van der Waals surface area contributed by atoms with E-state index in [2.05, 4.69) is 5.32 Å². The summed E-state index contributed by atoms with van der Waals surface area (Å²) in [6.07, 6.45) is -1.01. The van der Waals surface area contributed by atoms with Crippen LogP contribution in [0.2, 0.25) is 0 Å². The molecule has 1 atom stereocenters. The molecule has 0 radical (unpaired) electrons. The maximum absolute atomic E-state index is 12.0. The molecule has 0 spiro atoms. The summed E-state index contributed by atoms with van der Waals surface area (Å²) in [6, 6.07) is 9.14. The Morgan fingerprint density at radius 2 is 1.78 bits per heavy atom. The molecule has 0 bridgehead atoms. The van der Waals surface area contributed by atoms with Crippen molar-refractivity contribution >= 4 is 23.5 Å². The summed E-state index contributed by atoms with van der Waals surface area (Å²) in [5.74, 6) is -1.17. The average Bonchev–Trinajstić information content (AvgIpc) is 2.94. The van der Waals surface area contributed by atoms with Gasteiger partial charge in [-0.3, -0.25) is 9.59 Å². The van der Waals surface area contributed by atoms with Gasteiger partial charge in [0.05, 0.1) is 0 Å². The maximum atomic E-state index is 12.0. The number of nitrogens with one attached hydrogen (secondary N) is 1. The second-order valence-electron chi connectivity index (χ2n) is 4.89. The van der Waals surface area contributed by atoms with E-state index in [0.29, 0.717) is 17.0 Å². The monoisotopic (exact) mass is 316 g/mol. The summed E-state index contributed by atoms with van der Waals surface area (Å²) in [6.45, 7) is 3.14. The zero-order chi connectivity index (χ0) is 17.0. The van der Waals surface area contributed by atoms with Gasteiger partial charge in [-0.15, -0.1) is 0 Å². The fourth-order valence-corrected chi connectivity index (χ4v) is 1.78. The van der Waals surface area contributed by atoms with Gasteiger partial charge in [0.2, 0.25) is 11.7 Å². The number of anilines is 1. The smallest absolute Gasteiger partial charge is 0.375 e. The first-order valence-electron chi connectivity index (χ1n) is 6.85. The molecule has 0 fully saturated rings. The maximum Gasteiger partial charge on any atom is 0.375 e. The number of primary amides is 1. The Morgan fingerprint density at radius 3 is 2.30 bits per heavy atom. The highest BCUT2D eigenvalue weighted by Crippen LogP contribution is 2.12. The third-order valence-electron chi connectivity index (χ3n) is 3.03. The zero-order valence-corrected chi connectivity index (χ0v) is 12.7. The van der Waals surface area contributed by atoms with Crippen LogP contribution in [0.5, 0.6) is 0 Å².